The highest BCUT2D eigenvalue weighted by Gasteiger charge is 2.16. The van der Waals surface area contributed by atoms with E-state index < -0.39 is 6.04 Å². The highest BCUT2D eigenvalue weighted by Crippen LogP contribution is 2.27. The summed E-state index contributed by atoms with van der Waals surface area (Å²) >= 11 is 3.35. The van der Waals surface area contributed by atoms with Crippen LogP contribution >= 0.6 is 15.9 Å². The van der Waals surface area contributed by atoms with Crippen LogP contribution in [-0.2, 0) is 6.42 Å². The van der Waals surface area contributed by atoms with E-state index in [1.807, 2.05) is 24.3 Å². The van der Waals surface area contributed by atoms with Gasteiger partial charge in [-0.2, -0.15) is 0 Å². The summed E-state index contributed by atoms with van der Waals surface area (Å²) in [6.45, 7) is 2.07. The van der Waals surface area contributed by atoms with Gasteiger partial charge in [-0.05, 0) is 35.7 Å². The smallest absolute Gasteiger partial charge is 0.128 e. The van der Waals surface area contributed by atoms with Gasteiger partial charge in [0, 0.05) is 10.0 Å². The molecular formula is C15H15BrFN. The molecule has 0 amide bonds. The van der Waals surface area contributed by atoms with E-state index in [0.717, 1.165) is 22.0 Å². The van der Waals surface area contributed by atoms with Crippen molar-refractivity contribution in [2.75, 3.05) is 0 Å². The van der Waals surface area contributed by atoms with Crippen LogP contribution in [0.15, 0.2) is 46.9 Å². The number of rotatable bonds is 3. The van der Waals surface area contributed by atoms with Gasteiger partial charge in [0.2, 0.25) is 0 Å². The zero-order valence-electron chi connectivity index (χ0n) is 10.2. The maximum Gasteiger partial charge on any atom is 0.128 e. The predicted octanol–water partition coefficient (Wildman–Crippen LogP) is 4.20. The van der Waals surface area contributed by atoms with E-state index in [-0.39, 0.29) is 5.82 Å². The van der Waals surface area contributed by atoms with Crippen molar-refractivity contribution in [3.63, 3.8) is 0 Å². The average Bonchev–Trinajstić information content (AvgIpc) is 2.40. The molecule has 3 heteroatoms. The molecule has 1 unspecified atom stereocenters. The standard InChI is InChI=1S/C15H15BrFN/c1-2-10-5-3-4-6-12(10)15(18)13-9-11(16)7-8-14(13)17/h3-9,15H,2,18H2,1H3. The Balaban J connectivity index is 2.47. The van der Waals surface area contributed by atoms with E-state index in [0.29, 0.717) is 5.56 Å². The maximum atomic E-state index is 13.8. The van der Waals surface area contributed by atoms with E-state index in [4.69, 9.17) is 5.73 Å². The van der Waals surface area contributed by atoms with E-state index >= 15 is 0 Å². The van der Waals surface area contributed by atoms with Crippen molar-refractivity contribution in [1.29, 1.82) is 0 Å². The summed E-state index contributed by atoms with van der Waals surface area (Å²) in [6.07, 6.45) is 0.888. The topological polar surface area (TPSA) is 26.0 Å². The van der Waals surface area contributed by atoms with Gasteiger partial charge in [-0.25, -0.2) is 4.39 Å². The summed E-state index contributed by atoms with van der Waals surface area (Å²) in [7, 11) is 0. The van der Waals surface area contributed by atoms with Crippen LogP contribution in [0.1, 0.15) is 29.7 Å². The second-order valence-corrected chi connectivity index (χ2v) is 5.11. The third-order valence-corrected chi connectivity index (χ3v) is 3.56. The fourth-order valence-corrected chi connectivity index (χ4v) is 2.46. The highest BCUT2D eigenvalue weighted by molar-refractivity contribution is 9.10. The molecule has 18 heavy (non-hydrogen) atoms. The Labute approximate surface area is 115 Å². The first-order valence-corrected chi connectivity index (χ1v) is 6.71. The van der Waals surface area contributed by atoms with Gasteiger partial charge < -0.3 is 5.73 Å². The number of aryl methyl sites for hydroxylation is 1. The van der Waals surface area contributed by atoms with E-state index in [1.54, 1.807) is 12.1 Å². The molecule has 0 fully saturated rings. The minimum atomic E-state index is -0.432. The van der Waals surface area contributed by atoms with Gasteiger partial charge in [0.15, 0.2) is 0 Å². The number of benzene rings is 2. The van der Waals surface area contributed by atoms with Gasteiger partial charge >= 0.3 is 0 Å². The quantitative estimate of drug-likeness (QED) is 0.903. The number of nitrogens with two attached hydrogens (primary N) is 1. The van der Waals surface area contributed by atoms with Gasteiger partial charge in [-0.3, -0.25) is 0 Å². The summed E-state index contributed by atoms with van der Waals surface area (Å²) in [5, 5.41) is 0. The largest absolute Gasteiger partial charge is 0.320 e. The Hall–Kier alpha value is -1.19. The van der Waals surface area contributed by atoms with Gasteiger partial charge in [0.05, 0.1) is 6.04 Å². The first-order valence-electron chi connectivity index (χ1n) is 5.91. The molecule has 2 rings (SSSR count). The highest BCUT2D eigenvalue weighted by atomic mass is 79.9. The lowest BCUT2D eigenvalue weighted by molar-refractivity contribution is 0.598. The van der Waals surface area contributed by atoms with Crippen LogP contribution in [-0.4, -0.2) is 0 Å². The van der Waals surface area contributed by atoms with E-state index in [2.05, 4.69) is 22.9 Å². The van der Waals surface area contributed by atoms with Crippen LogP contribution in [0.4, 0.5) is 4.39 Å². The third kappa shape index (κ3) is 2.62. The first-order chi connectivity index (χ1) is 8.63. The molecule has 0 spiro atoms. The Bertz CT molecular complexity index is 554. The molecule has 2 aromatic carbocycles. The summed E-state index contributed by atoms with van der Waals surface area (Å²) in [6, 6.07) is 12.3. The zero-order valence-corrected chi connectivity index (χ0v) is 11.7. The molecule has 2 N–H and O–H groups in total. The van der Waals surface area contributed by atoms with E-state index in [9.17, 15) is 4.39 Å². The van der Waals surface area contributed by atoms with Crippen LogP contribution in [0.25, 0.3) is 0 Å². The molecule has 1 nitrogen and oxygen atoms in total. The van der Waals surface area contributed by atoms with Crippen molar-refractivity contribution in [3.05, 3.63) is 69.4 Å². The van der Waals surface area contributed by atoms with E-state index in [1.165, 1.54) is 6.07 Å². The molecule has 1 atom stereocenters. The SMILES string of the molecule is CCc1ccccc1C(N)c1cc(Br)ccc1F. The molecule has 0 bridgehead atoms. The molecule has 0 aliphatic heterocycles. The van der Waals surface area contributed by atoms with Gasteiger partial charge in [-0.1, -0.05) is 47.1 Å². The van der Waals surface area contributed by atoms with Crippen LogP contribution in [0.3, 0.4) is 0 Å². The Morgan fingerprint density at radius 3 is 2.61 bits per heavy atom. The lowest BCUT2D eigenvalue weighted by atomic mass is 9.94. The Morgan fingerprint density at radius 2 is 1.89 bits per heavy atom. The van der Waals surface area contributed by atoms with Crippen LogP contribution in [0, 0.1) is 5.82 Å². The number of hydrogen-bond acceptors (Lipinski definition) is 1. The molecule has 0 heterocycles. The lowest BCUT2D eigenvalue weighted by Crippen LogP contribution is -2.15. The second kappa shape index (κ2) is 5.63. The fourth-order valence-electron chi connectivity index (χ4n) is 2.08. The van der Waals surface area contributed by atoms with Gasteiger partial charge in [0.1, 0.15) is 5.82 Å². The lowest BCUT2D eigenvalue weighted by Gasteiger charge is -2.17. The maximum absolute atomic E-state index is 13.8. The molecule has 2 aromatic rings. The molecule has 94 valence electrons. The Kier molecular flexibility index (Phi) is 4.15. The first kappa shape index (κ1) is 13.2. The molecule has 0 radical (unpaired) electrons. The molecule has 0 aromatic heterocycles. The minimum absolute atomic E-state index is 0.267. The van der Waals surface area contributed by atoms with Crippen molar-refractivity contribution >= 4 is 15.9 Å². The number of halogens is 2. The van der Waals surface area contributed by atoms with Crippen LogP contribution < -0.4 is 5.73 Å². The summed E-state index contributed by atoms with van der Waals surface area (Å²) in [5.41, 5.74) is 8.86. The average molecular weight is 308 g/mol. The van der Waals surface area contributed by atoms with Gasteiger partial charge in [-0.15, -0.1) is 0 Å². The third-order valence-electron chi connectivity index (χ3n) is 3.06. The van der Waals surface area contributed by atoms with Crippen LogP contribution in [0.5, 0.6) is 0 Å². The zero-order chi connectivity index (χ0) is 13.1. The molecule has 0 saturated carbocycles. The van der Waals surface area contributed by atoms with Crippen molar-refractivity contribution in [3.8, 4) is 0 Å². The normalized spacial score (nSPS) is 12.4. The van der Waals surface area contributed by atoms with Crippen LogP contribution in [0.2, 0.25) is 0 Å². The number of hydrogen-bond donors (Lipinski definition) is 1. The molecule has 0 aliphatic carbocycles. The summed E-state index contributed by atoms with van der Waals surface area (Å²) < 4.78 is 14.7. The summed E-state index contributed by atoms with van der Waals surface area (Å²) in [4.78, 5) is 0. The monoisotopic (exact) mass is 307 g/mol. The van der Waals surface area contributed by atoms with Crippen molar-refractivity contribution in [2.45, 2.75) is 19.4 Å². The minimum Gasteiger partial charge on any atom is -0.320 e. The van der Waals surface area contributed by atoms with Crippen molar-refractivity contribution in [1.82, 2.24) is 0 Å². The predicted molar refractivity (Wildman–Crippen MR) is 76.0 cm³/mol. The van der Waals surface area contributed by atoms with Gasteiger partial charge in [0.25, 0.3) is 0 Å². The second-order valence-electron chi connectivity index (χ2n) is 4.20. The molecule has 0 saturated heterocycles. The Morgan fingerprint density at radius 1 is 1.17 bits per heavy atom. The molecular weight excluding hydrogens is 293 g/mol. The van der Waals surface area contributed by atoms with Crippen molar-refractivity contribution < 1.29 is 4.39 Å². The fraction of sp³-hybridized carbons (Fsp3) is 0.200. The summed E-state index contributed by atoms with van der Waals surface area (Å²) in [5.74, 6) is -0.267. The van der Waals surface area contributed by atoms with Crippen molar-refractivity contribution in [2.24, 2.45) is 5.73 Å². The molecule has 0 aliphatic rings.